The summed E-state index contributed by atoms with van der Waals surface area (Å²) in [6.45, 7) is 1.34. The van der Waals surface area contributed by atoms with Crippen LogP contribution >= 0.6 is 0 Å². The Bertz CT molecular complexity index is 299. The summed E-state index contributed by atoms with van der Waals surface area (Å²) < 4.78 is 0. The number of unbranched alkanes of at least 4 members (excludes halogenated alkanes) is 4. The zero-order chi connectivity index (χ0) is 16.3. The molecule has 0 saturated carbocycles. The molecule has 124 valence electrons. The first kappa shape index (κ1) is 20.0. The molecule has 1 amide bonds. The predicted molar refractivity (Wildman–Crippen MR) is 76.5 cm³/mol. The maximum atomic E-state index is 11.6. The van der Waals surface area contributed by atoms with Crippen molar-refractivity contribution in [3.8, 4) is 0 Å². The van der Waals surface area contributed by atoms with Gasteiger partial charge in [0.05, 0.1) is 6.61 Å². The van der Waals surface area contributed by atoms with Crippen molar-refractivity contribution in [1.29, 1.82) is 0 Å². The van der Waals surface area contributed by atoms with Gasteiger partial charge in [-0.1, -0.05) is 32.6 Å². The van der Waals surface area contributed by atoms with Crippen LogP contribution in [0, 0.1) is 0 Å². The van der Waals surface area contributed by atoms with E-state index in [0.717, 1.165) is 25.7 Å². The van der Waals surface area contributed by atoms with E-state index in [-0.39, 0.29) is 6.42 Å². The molecule has 4 atom stereocenters. The smallest absolute Gasteiger partial charge is 0.220 e. The number of aliphatic hydroxyl groups is 4. The molecule has 0 unspecified atom stereocenters. The number of amides is 1. The molecule has 0 fully saturated rings. The Morgan fingerprint density at radius 2 is 1.71 bits per heavy atom. The molecule has 0 aromatic rings. The van der Waals surface area contributed by atoms with Crippen molar-refractivity contribution in [2.75, 3.05) is 6.61 Å². The molecule has 0 aliphatic rings. The molecular formula is C14H27NO6. The minimum absolute atomic E-state index is 0.236. The van der Waals surface area contributed by atoms with E-state index in [2.05, 4.69) is 12.2 Å². The number of carbonyl (C=O) groups is 2. The molecule has 0 radical (unpaired) electrons. The van der Waals surface area contributed by atoms with Crippen LogP contribution < -0.4 is 5.32 Å². The summed E-state index contributed by atoms with van der Waals surface area (Å²) in [5, 5.41) is 39.4. The lowest BCUT2D eigenvalue weighted by atomic mass is 10.0. The van der Waals surface area contributed by atoms with Gasteiger partial charge in [-0.3, -0.25) is 4.79 Å². The molecular weight excluding hydrogens is 278 g/mol. The molecule has 0 rings (SSSR count). The monoisotopic (exact) mass is 305 g/mol. The summed E-state index contributed by atoms with van der Waals surface area (Å²) in [7, 11) is 0. The van der Waals surface area contributed by atoms with E-state index < -0.39 is 36.9 Å². The van der Waals surface area contributed by atoms with Gasteiger partial charge in [0.25, 0.3) is 0 Å². The fraction of sp³-hybridized carbons (Fsp3) is 0.857. The topological polar surface area (TPSA) is 127 Å². The number of rotatable bonds is 12. The summed E-state index contributed by atoms with van der Waals surface area (Å²) in [4.78, 5) is 22.5. The first-order chi connectivity index (χ1) is 9.97. The lowest BCUT2D eigenvalue weighted by Crippen LogP contribution is -2.53. The van der Waals surface area contributed by atoms with Crippen LogP contribution in [0.15, 0.2) is 0 Å². The number of aldehydes is 1. The van der Waals surface area contributed by atoms with E-state index in [4.69, 9.17) is 5.11 Å². The summed E-state index contributed by atoms with van der Waals surface area (Å²) in [5.74, 6) is -0.395. The Kier molecular flexibility index (Phi) is 11.1. The van der Waals surface area contributed by atoms with Crippen LogP contribution in [0.5, 0.6) is 0 Å². The largest absolute Gasteiger partial charge is 0.394 e. The quantitative estimate of drug-likeness (QED) is 0.235. The highest BCUT2D eigenvalue weighted by atomic mass is 16.4. The van der Waals surface area contributed by atoms with Crippen molar-refractivity contribution in [2.24, 2.45) is 0 Å². The van der Waals surface area contributed by atoms with Gasteiger partial charge in [0.2, 0.25) is 5.91 Å². The molecule has 0 aliphatic heterocycles. The molecule has 0 aliphatic carbocycles. The van der Waals surface area contributed by atoms with Gasteiger partial charge < -0.3 is 30.5 Å². The Hall–Kier alpha value is -1.02. The van der Waals surface area contributed by atoms with E-state index in [1.165, 1.54) is 0 Å². The number of hydrogen-bond donors (Lipinski definition) is 5. The third-order valence-electron chi connectivity index (χ3n) is 3.28. The van der Waals surface area contributed by atoms with Gasteiger partial charge >= 0.3 is 0 Å². The molecule has 0 aromatic heterocycles. The van der Waals surface area contributed by atoms with Crippen LogP contribution in [0.1, 0.15) is 45.4 Å². The second kappa shape index (κ2) is 11.6. The molecule has 0 saturated heterocycles. The summed E-state index contributed by atoms with van der Waals surface area (Å²) in [6, 6.07) is -1.32. The van der Waals surface area contributed by atoms with Crippen molar-refractivity contribution < 1.29 is 30.0 Å². The van der Waals surface area contributed by atoms with E-state index in [0.29, 0.717) is 12.7 Å². The highest BCUT2D eigenvalue weighted by molar-refractivity contribution is 5.79. The van der Waals surface area contributed by atoms with E-state index >= 15 is 0 Å². The van der Waals surface area contributed by atoms with E-state index in [1.807, 2.05) is 0 Å². The van der Waals surface area contributed by atoms with Crippen molar-refractivity contribution >= 4 is 12.2 Å². The molecule has 0 aromatic carbocycles. The van der Waals surface area contributed by atoms with Crippen LogP contribution in [0.25, 0.3) is 0 Å². The SMILES string of the molecule is CCCCCCCC(=O)N[C@@H](C=O)[C@@H](O)[C@H](O)[C@H](O)CO. The number of nitrogens with one attached hydrogen (secondary N) is 1. The lowest BCUT2D eigenvalue weighted by Gasteiger charge is -2.26. The Labute approximate surface area is 125 Å². The second-order valence-corrected chi connectivity index (χ2v) is 5.12. The highest BCUT2D eigenvalue weighted by Gasteiger charge is 2.31. The zero-order valence-electron chi connectivity index (χ0n) is 12.4. The fourth-order valence-electron chi connectivity index (χ4n) is 1.90. The molecule has 7 nitrogen and oxygen atoms in total. The molecule has 0 heterocycles. The van der Waals surface area contributed by atoms with E-state index in [9.17, 15) is 24.9 Å². The maximum Gasteiger partial charge on any atom is 0.220 e. The van der Waals surface area contributed by atoms with Gasteiger partial charge in [-0.05, 0) is 6.42 Å². The molecule has 0 bridgehead atoms. The Balaban J connectivity index is 4.17. The minimum Gasteiger partial charge on any atom is -0.394 e. The van der Waals surface area contributed by atoms with Crippen molar-refractivity contribution in [3.63, 3.8) is 0 Å². The first-order valence-electron chi connectivity index (χ1n) is 7.37. The molecule has 5 N–H and O–H groups in total. The van der Waals surface area contributed by atoms with E-state index in [1.54, 1.807) is 0 Å². The van der Waals surface area contributed by atoms with Gasteiger partial charge in [-0.15, -0.1) is 0 Å². The number of aliphatic hydroxyl groups excluding tert-OH is 4. The van der Waals surface area contributed by atoms with Gasteiger partial charge in [0.15, 0.2) is 0 Å². The summed E-state index contributed by atoms with van der Waals surface area (Å²) in [5.41, 5.74) is 0. The average Bonchev–Trinajstić information content (AvgIpc) is 2.50. The standard InChI is InChI=1S/C14H27NO6/c1-2-3-4-5-6-7-12(19)15-10(8-16)13(20)14(21)11(18)9-17/h8,10-11,13-14,17-18,20-21H,2-7,9H2,1H3,(H,15,19)/t10-,11+,13+,14+/m0/s1. The van der Waals surface area contributed by atoms with Gasteiger partial charge in [0, 0.05) is 6.42 Å². The van der Waals surface area contributed by atoms with Crippen LogP contribution in [-0.4, -0.2) is 63.6 Å². The van der Waals surface area contributed by atoms with Crippen LogP contribution in [0.4, 0.5) is 0 Å². The maximum absolute atomic E-state index is 11.6. The third kappa shape index (κ3) is 8.11. The molecule has 7 heteroatoms. The lowest BCUT2D eigenvalue weighted by molar-refractivity contribution is -0.131. The van der Waals surface area contributed by atoms with Gasteiger partial charge in [0.1, 0.15) is 30.6 Å². The van der Waals surface area contributed by atoms with Crippen LogP contribution in [-0.2, 0) is 9.59 Å². The van der Waals surface area contributed by atoms with Crippen LogP contribution in [0.2, 0.25) is 0 Å². The third-order valence-corrected chi connectivity index (χ3v) is 3.28. The summed E-state index contributed by atoms with van der Waals surface area (Å²) in [6.07, 6.45) is 0.449. The first-order valence-corrected chi connectivity index (χ1v) is 7.37. The van der Waals surface area contributed by atoms with Crippen molar-refractivity contribution in [3.05, 3.63) is 0 Å². The minimum atomic E-state index is -1.71. The fourth-order valence-corrected chi connectivity index (χ4v) is 1.90. The van der Waals surface area contributed by atoms with Crippen molar-refractivity contribution in [1.82, 2.24) is 5.32 Å². The molecule has 0 spiro atoms. The number of hydrogen-bond acceptors (Lipinski definition) is 6. The second-order valence-electron chi connectivity index (χ2n) is 5.12. The van der Waals surface area contributed by atoms with Gasteiger partial charge in [-0.2, -0.15) is 0 Å². The Morgan fingerprint density at radius 1 is 1.10 bits per heavy atom. The summed E-state index contributed by atoms with van der Waals surface area (Å²) >= 11 is 0. The molecule has 21 heavy (non-hydrogen) atoms. The predicted octanol–water partition coefficient (Wildman–Crippen LogP) is -0.894. The van der Waals surface area contributed by atoms with Crippen molar-refractivity contribution in [2.45, 2.75) is 69.8 Å². The van der Waals surface area contributed by atoms with Gasteiger partial charge in [-0.25, -0.2) is 0 Å². The normalized spacial score (nSPS) is 16.8. The van der Waals surface area contributed by atoms with Crippen LogP contribution in [0.3, 0.4) is 0 Å². The number of carbonyl (C=O) groups excluding carboxylic acids is 2. The Morgan fingerprint density at radius 3 is 2.24 bits per heavy atom. The highest BCUT2D eigenvalue weighted by Crippen LogP contribution is 2.07. The average molecular weight is 305 g/mol. The zero-order valence-corrected chi connectivity index (χ0v) is 12.4.